The number of halogens is 2. The molecule has 1 aromatic rings. The van der Waals surface area contributed by atoms with Crippen LogP contribution in [0.4, 0.5) is 8.78 Å². The number of hydrogen-bond acceptors (Lipinski definition) is 5. The van der Waals surface area contributed by atoms with Crippen molar-refractivity contribution in [3.8, 4) is 11.8 Å². The van der Waals surface area contributed by atoms with E-state index in [4.69, 9.17) is 11.0 Å². The molecule has 0 fully saturated rings. The van der Waals surface area contributed by atoms with E-state index in [0.717, 1.165) is 7.11 Å². The van der Waals surface area contributed by atoms with Crippen molar-refractivity contribution >= 4 is 5.97 Å². The van der Waals surface area contributed by atoms with Crippen LogP contribution in [0.15, 0.2) is 12.1 Å². The van der Waals surface area contributed by atoms with Crippen molar-refractivity contribution < 1.29 is 23.0 Å². The Hall–Kier alpha value is -2.20. The van der Waals surface area contributed by atoms with Gasteiger partial charge in [-0.05, 0) is 6.07 Å². The molecule has 7 heteroatoms. The third-order valence-electron chi connectivity index (χ3n) is 2.18. The third-order valence-corrected chi connectivity index (χ3v) is 2.18. The van der Waals surface area contributed by atoms with Crippen molar-refractivity contribution in [3.05, 3.63) is 28.8 Å². The number of alkyl halides is 2. The number of hydrogen-bond donors (Lipinski definition) is 1. The lowest BCUT2D eigenvalue weighted by Gasteiger charge is -2.13. The second kappa shape index (κ2) is 5.93. The van der Waals surface area contributed by atoms with Crippen LogP contribution in [0.25, 0.3) is 0 Å². The molecule has 0 bridgehead atoms. The standard InChI is InChI=1S/C11H10F2N2O3/c1-17-10(16)7-3-2-6(4-14)9(8(7)5-15)18-11(12)13/h2-3,11H,4,14H2,1H3. The Morgan fingerprint density at radius 2 is 2.22 bits per heavy atom. The first-order valence-corrected chi connectivity index (χ1v) is 4.84. The minimum atomic E-state index is -3.12. The van der Waals surface area contributed by atoms with Gasteiger partial charge in [-0.1, -0.05) is 6.07 Å². The molecule has 96 valence electrons. The molecule has 0 aliphatic heterocycles. The van der Waals surface area contributed by atoms with E-state index < -0.39 is 18.3 Å². The maximum Gasteiger partial charge on any atom is 0.387 e. The van der Waals surface area contributed by atoms with Crippen molar-refractivity contribution in [2.24, 2.45) is 5.73 Å². The van der Waals surface area contributed by atoms with Gasteiger partial charge in [0, 0.05) is 12.1 Å². The summed E-state index contributed by atoms with van der Waals surface area (Å²) in [6.07, 6.45) is 0. The smallest absolute Gasteiger partial charge is 0.387 e. The van der Waals surface area contributed by atoms with E-state index >= 15 is 0 Å². The molecule has 1 aromatic carbocycles. The monoisotopic (exact) mass is 256 g/mol. The lowest BCUT2D eigenvalue weighted by Crippen LogP contribution is -2.12. The van der Waals surface area contributed by atoms with Crippen molar-refractivity contribution in [1.29, 1.82) is 5.26 Å². The first-order chi connectivity index (χ1) is 8.54. The maximum absolute atomic E-state index is 12.3. The van der Waals surface area contributed by atoms with E-state index in [1.54, 1.807) is 6.07 Å². The summed E-state index contributed by atoms with van der Waals surface area (Å²) in [5.74, 6) is -1.20. The zero-order chi connectivity index (χ0) is 13.7. The second-order valence-electron chi connectivity index (χ2n) is 3.16. The van der Waals surface area contributed by atoms with Crippen LogP contribution in [0, 0.1) is 11.3 Å². The number of carbonyl (C=O) groups excluding carboxylic acids is 1. The Balaban J connectivity index is 3.43. The third kappa shape index (κ3) is 2.73. The molecular weight excluding hydrogens is 246 g/mol. The molecule has 1 rings (SSSR count). The topological polar surface area (TPSA) is 85.3 Å². The number of carbonyl (C=O) groups is 1. The fraction of sp³-hybridized carbons (Fsp3) is 0.273. The van der Waals surface area contributed by atoms with Gasteiger partial charge in [-0.25, -0.2) is 4.79 Å². The van der Waals surface area contributed by atoms with Crippen LogP contribution in [0.2, 0.25) is 0 Å². The number of benzene rings is 1. The van der Waals surface area contributed by atoms with Gasteiger partial charge in [-0.2, -0.15) is 14.0 Å². The van der Waals surface area contributed by atoms with E-state index in [2.05, 4.69) is 9.47 Å². The van der Waals surface area contributed by atoms with E-state index in [1.165, 1.54) is 12.1 Å². The van der Waals surface area contributed by atoms with Crippen molar-refractivity contribution in [3.63, 3.8) is 0 Å². The summed E-state index contributed by atoms with van der Waals surface area (Å²) in [7, 11) is 1.12. The van der Waals surface area contributed by atoms with Gasteiger partial charge in [0.15, 0.2) is 0 Å². The van der Waals surface area contributed by atoms with E-state index in [-0.39, 0.29) is 23.2 Å². The van der Waals surface area contributed by atoms with Gasteiger partial charge in [0.1, 0.15) is 17.4 Å². The molecule has 0 heterocycles. The minimum Gasteiger partial charge on any atom is -0.465 e. The molecule has 0 saturated heterocycles. The molecule has 0 aliphatic rings. The maximum atomic E-state index is 12.3. The van der Waals surface area contributed by atoms with Gasteiger partial charge in [-0.3, -0.25) is 0 Å². The van der Waals surface area contributed by atoms with Crippen molar-refractivity contribution in [2.75, 3.05) is 7.11 Å². The highest BCUT2D eigenvalue weighted by molar-refractivity contribution is 5.93. The molecular formula is C11H10F2N2O3. The summed E-state index contributed by atoms with van der Waals surface area (Å²) < 4.78 is 33.3. The van der Waals surface area contributed by atoms with Crippen LogP contribution >= 0.6 is 0 Å². The van der Waals surface area contributed by atoms with Crippen LogP contribution in [-0.2, 0) is 11.3 Å². The van der Waals surface area contributed by atoms with Crippen LogP contribution in [0.5, 0.6) is 5.75 Å². The molecule has 0 amide bonds. The summed E-state index contributed by atoms with van der Waals surface area (Å²) in [4.78, 5) is 11.4. The first kappa shape index (κ1) is 13.9. The molecule has 0 radical (unpaired) electrons. The molecule has 0 saturated carbocycles. The summed E-state index contributed by atoms with van der Waals surface area (Å²) in [5, 5.41) is 8.95. The number of nitriles is 1. The Kier molecular flexibility index (Phi) is 4.57. The van der Waals surface area contributed by atoms with Crippen LogP contribution < -0.4 is 10.5 Å². The number of methoxy groups -OCH3 is 1. The Bertz CT molecular complexity index is 498. The Labute approximate surface area is 102 Å². The van der Waals surface area contributed by atoms with Gasteiger partial charge < -0.3 is 15.2 Å². The molecule has 0 aromatic heterocycles. The molecule has 18 heavy (non-hydrogen) atoms. The number of rotatable bonds is 4. The van der Waals surface area contributed by atoms with Gasteiger partial charge in [0.05, 0.1) is 12.7 Å². The summed E-state index contributed by atoms with van der Waals surface area (Å²) in [6, 6.07) is 4.27. The van der Waals surface area contributed by atoms with Crippen LogP contribution in [-0.4, -0.2) is 19.7 Å². The lowest BCUT2D eigenvalue weighted by atomic mass is 10.0. The highest BCUT2D eigenvalue weighted by Crippen LogP contribution is 2.28. The van der Waals surface area contributed by atoms with E-state index in [1.807, 2.05) is 0 Å². The van der Waals surface area contributed by atoms with Gasteiger partial charge in [0.2, 0.25) is 0 Å². The first-order valence-electron chi connectivity index (χ1n) is 4.84. The normalized spacial score (nSPS) is 10.0. The Morgan fingerprint density at radius 1 is 1.56 bits per heavy atom. The average molecular weight is 256 g/mol. The van der Waals surface area contributed by atoms with Gasteiger partial charge in [0.25, 0.3) is 0 Å². The minimum absolute atomic E-state index is 0.0990. The summed E-state index contributed by atoms with van der Waals surface area (Å²) >= 11 is 0. The fourth-order valence-corrected chi connectivity index (χ4v) is 1.40. The number of nitrogens with zero attached hydrogens (tertiary/aromatic N) is 1. The predicted octanol–water partition coefficient (Wildman–Crippen LogP) is 1.40. The summed E-state index contributed by atoms with van der Waals surface area (Å²) in [5.41, 5.74) is 5.11. The molecule has 5 nitrogen and oxygen atoms in total. The molecule has 0 spiro atoms. The molecule has 0 unspecified atom stereocenters. The SMILES string of the molecule is COC(=O)c1ccc(CN)c(OC(F)F)c1C#N. The highest BCUT2D eigenvalue weighted by Gasteiger charge is 2.21. The fourth-order valence-electron chi connectivity index (χ4n) is 1.40. The van der Waals surface area contributed by atoms with Gasteiger partial charge in [-0.15, -0.1) is 0 Å². The average Bonchev–Trinajstić information content (AvgIpc) is 2.36. The highest BCUT2D eigenvalue weighted by atomic mass is 19.3. The van der Waals surface area contributed by atoms with Gasteiger partial charge >= 0.3 is 12.6 Å². The zero-order valence-corrected chi connectivity index (χ0v) is 9.44. The largest absolute Gasteiger partial charge is 0.465 e. The number of ether oxygens (including phenoxy) is 2. The summed E-state index contributed by atoms with van der Waals surface area (Å²) in [6.45, 7) is -3.21. The lowest BCUT2D eigenvalue weighted by molar-refractivity contribution is -0.0507. The second-order valence-corrected chi connectivity index (χ2v) is 3.16. The molecule has 0 atom stereocenters. The van der Waals surface area contributed by atoms with Crippen LogP contribution in [0.3, 0.4) is 0 Å². The van der Waals surface area contributed by atoms with Crippen molar-refractivity contribution in [1.82, 2.24) is 0 Å². The van der Waals surface area contributed by atoms with Crippen molar-refractivity contribution in [2.45, 2.75) is 13.2 Å². The van der Waals surface area contributed by atoms with E-state index in [9.17, 15) is 13.6 Å². The number of nitrogens with two attached hydrogens (primary N) is 1. The molecule has 0 aliphatic carbocycles. The number of esters is 1. The van der Waals surface area contributed by atoms with E-state index in [0.29, 0.717) is 0 Å². The predicted molar refractivity (Wildman–Crippen MR) is 57.0 cm³/mol. The van der Waals surface area contributed by atoms with Crippen LogP contribution in [0.1, 0.15) is 21.5 Å². The Morgan fingerprint density at radius 3 is 2.67 bits per heavy atom. The molecule has 2 N–H and O–H groups in total. The zero-order valence-electron chi connectivity index (χ0n) is 9.44. The quantitative estimate of drug-likeness (QED) is 0.823.